The Kier molecular flexibility index (Phi) is 13.2. The molecule has 4 amide bonds. The fourth-order valence-electron chi connectivity index (χ4n) is 11.9. The number of aryl methyl sites for hydroxylation is 4. The SMILES string of the molecule is COC(=O)N[C@H](C(=O)N1CCCC1c1nc2ccc(-c3cc4ccc3CCc3ccc(c(-c5ccc6nc([C@@H]7CC8CCCCC8N7C(=O)[C@@H](NC(=O)OC)C(C)C)[nH]c6c5)c3)CC4)cc2[nH]1)C(C)C. The van der Waals surface area contributed by atoms with Crippen molar-refractivity contribution >= 4 is 46.1 Å². The molecule has 4 bridgehead atoms. The molecular formula is C56H66N8O6. The lowest BCUT2D eigenvalue weighted by Gasteiger charge is -2.36. The van der Waals surface area contributed by atoms with E-state index in [-0.39, 0.29) is 41.8 Å². The average Bonchev–Trinajstić information content (AvgIpc) is 4.19. The molecule has 3 unspecified atom stereocenters. The van der Waals surface area contributed by atoms with E-state index in [0.717, 1.165) is 115 Å². The summed E-state index contributed by atoms with van der Waals surface area (Å²) in [5, 5.41) is 5.58. The molecule has 14 nitrogen and oxygen atoms in total. The Hall–Kier alpha value is -6.70. The number of nitrogens with zero attached hydrogens (tertiary/aromatic N) is 4. The number of carbonyl (C=O) groups is 4. The molecule has 14 heteroatoms. The van der Waals surface area contributed by atoms with Crippen LogP contribution in [0.15, 0.2) is 72.8 Å². The van der Waals surface area contributed by atoms with Gasteiger partial charge < -0.3 is 39.9 Å². The molecule has 6 atom stereocenters. The van der Waals surface area contributed by atoms with Gasteiger partial charge in [-0.3, -0.25) is 9.59 Å². The normalized spacial score (nSPS) is 20.9. The number of H-pyrrole nitrogens is 2. The summed E-state index contributed by atoms with van der Waals surface area (Å²) in [6.07, 6.45) is 9.04. The van der Waals surface area contributed by atoms with Gasteiger partial charge in [-0.25, -0.2) is 19.6 Å². The number of methoxy groups -OCH3 is 2. The predicted octanol–water partition coefficient (Wildman–Crippen LogP) is 9.91. The van der Waals surface area contributed by atoms with Crippen LogP contribution in [-0.2, 0) is 44.7 Å². The molecule has 2 saturated heterocycles. The van der Waals surface area contributed by atoms with Gasteiger partial charge in [0.1, 0.15) is 23.7 Å². The Bertz CT molecular complexity index is 2960. The van der Waals surface area contributed by atoms with E-state index in [1.54, 1.807) is 0 Å². The third-order valence-electron chi connectivity index (χ3n) is 15.6. The van der Waals surface area contributed by atoms with E-state index in [0.29, 0.717) is 12.5 Å². The number of carbonyl (C=O) groups excluding carboxylic acids is 4. The number of amides is 4. The molecule has 0 spiro atoms. The summed E-state index contributed by atoms with van der Waals surface area (Å²) < 4.78 is 9.75. The molecule has 2 aromatic heterocycles. The van der Waals surface area contributed by atoms with Crippen LogP contribution in [0.1, 0.15) is 119 Å². The second kappa shape index (κ2) is 19.6. The van der Waals surface area contributed by atoms with E-state index < -0.39 is 24.3 Å². The number of benzene rings is 4. The standard InChI is InChI=1S/C56H66N8O6/c1-31(2)49(61-55(67)69-5)53(65)63-25-9-12-47(63)51-57-42-23-21-37(28-44(42)59-51)40-26-33-13-17-35(40)18-14-34-16-20-36(19-15-33)41(27-34)38-22-24-43-45(29-38)60-52(58-43)48-30-39-10-7-8-11-46(39)64(48)54(66)50(32(3)4)62-56(68)70-6/h13,16-17,20-24,26-29,31-32,39,46-50H,7-12,14-15,18-19,25,30H2,1-6H3,(H,57,59)(H,58,60)(H,61,67)(H,62,68)/t39?,46?,47?,48-,49-,50-/m0/s1. The first-order valence-corrected chi connectivity index (χ1v) is 25.4. The van der Waals surface area contributed by atoms with Gasteiger partial charge in [0, 0.05) is 12.6 Å². The zero-order valence-corrected chi connectivity index (χ0v) is 41.3. The summed E-state index contributed by atoms with van der Waals surface area (Å²) in [4.78, 5) is 74.2. The molecule has 2 aliphatic heterocycles. The molecule has 6 aromatic rings. The van der Waals surface area contributed by atoms with E-state index >= 15 is 0 Å². The molecule has 3 fully saturated rings. The molecule has 0 radical (unpaired) electrons. The van der Waals surface area contributed by atoms with E-state index in [9.17, 15) is 19.2 Å². The Balaban J connectivity index is 0.893. The highest BCUT2D eigenvalue weighted by molar-refractivity contribution is 5.89. The van der Waals surface area contributed by atoms with Crippen molar-refractivity contribution in [2.24, 2.45) is 17.8 Å². The fourth-order valence-corrected chi connectivity index (χ4v) is 11.9. The number of aromatic amines is 2. The molecule has 4 heterocycles. The number of imidazole rings is 2. The van der Waals surface area contributed by atoms with Crippen LogP contribution in [0.3, 0.4) is 0 Å². The van der Waals surface area contributed by atoms with Crippen molar-refractivity contribution in [3.63, 3.8) is 0 Å². The molecule has 70 heavy (non-hydrogen) atoms. The average molecular weight is 947 g/mol. The molecule has 4 N–H and O–H groups in total. The number of likely N-dealkylation sites (tertiary alicyclic amines) is 2. The maximum Gasteiger partial charge on any atom is 0.407 e. The first-order valence-electron chi connectivity index (χ1n) is 25.4. The van der Waals surface area contributed by atoms with Gasteiger partial charge in [0.2, 0.25) is 11.8 Å². The van der Waals surface area contributed by atoms with E-state index in [1.165, 1.54) is 47.6 Å². The summed E-state index contributed by atoms with van der Waals surface area (Å²) in [5.74, 6) is 1.54. The lowest BCUT2D eigenvalue weighted by Crippen LogP contribution is -2.53. The van der Waals surface area contributed by atoms with E-state index in [4.69, 9.17) is 19.4 Å². The Morgan fingerprint density at radius 3 is 1.69 bits per heavy atom. The van der Waals surface area contributed by atoms with Crippen molar-refractivity contribution in [3.05, 3.63) is 107 Å². The van der Waals surface area contributed by atoms with Crippen molar-refractivity contribution in [2.45, 2.75) is 129 Å². The molecule has 7 aliphatic rings. The van der Waals surface area contributed by atoms with Crippen LogP contribution in [0, 0.1) is 17.8 Å². The molecule has 4 aromatic carbocycles. The highest BCUT2D eigenvalue weighted by Gasteiger charge is 2.48. The first-order chi connectivity index (χ1) is 33.9. The second-order valence-electron chi connectivity index (χ2n) is 20.7. The van der Waals surface area contributed by atoms with Crippen LogP contribution in [0.4, 0.5) is 9.59 Å². The highest BCUT2D eigenvalue weighted by atomic mass is 16.5. The molecule has 5 aliphatic carbocycles. The molecule has 13 rings (SSSR count). The van der Waals surface area contributed by atoms with Crippen LogP contribution < -0.4 is 10.6 Å². The van der Waals surface area contributed by atoms with Crippen molar-refractivity contribution in [1.29, 1.82) is 0 Å². The van der Waals surface area contributed by atoms with Gasteiger partial charge in [0.05, 0.1) is 48.4 Å². The summed E-state index contributed by atoms with van der Waals surface area (Å²) in [5.41, 5.74) is 13.4. The predicted molar refractivity (Wildman–Crippen MR) is 270 cm³/mol. The number of hydrogen-bond donors (Lipinski definition) is 4. The Morgan fingerprint density at radius 2 is 1.14 bits per heavy atom. The number of nitrogens with one attached hydrogen (secondary N) is 4. The van der Waals surface area contributed by atoms with Gasteiger partial charge in [-0.1, -0.05) is 89.1 Å². The summed E-state index contributed by atoms with van der Waals surface area (Å²) in [6.45, 7) is 8.37. The monoisotopic (exact) mass is 947 g/mol. The van der Waals surface area contributed by atoms with E-state index in [1.807, 2.05) is 37.5 Å². The van der Waals surface area contributed by atoms with Gasteiger partial charge in [0.15, 0.2) is 0 Å². The fraction of sp³-hybridized carbons (Fsp3) is 0.464. The molecule has 366 valence electrons. The molecular weight excluding hydrogens is 881 g/mol. The van der Waals surface area contributed by atoms with Crippen molar-refractivity contribution in [1.82, 2.24) is 40.4 Å². The molecule has 1 saturated carbocycles. The first kappa shape index (κ1) is 47.0. The highest BCUT2D eigenvalue weighted by Crippen LogP contribution is 2.47. The number of fused-ring (bicyclic) bond motifs is 3. The lowest BCUT2D eigenvalue weighted by molar-refractivity contribution is -0.138. The van der Waals surface area contributed by atoms with Crippen LogP contribution in [0.2, 0.25) is 0 Å². The number of rotatable bonds is 10. The van der Waals surface area contributed by atoms with Gasteiger partial charge in [-0.15, -0.1) is 0 Å². The van der Waals surface area contributed by atoms with Crippen LogP contribution in [-0.4, -0.2) is 92.6 Å². The zero-order valence-electron chi connectivity index (χ0n) is 41.3. The second-order valence-corrected chi connectivity index (χ2v) is 20.7. The van der Waals surface area contributed by atoms with Crippen molar-refractivity contribution in [3.8, 4) is 22.3 Å². The maximum atomic E-state index is 14.5. The Morgan fingerprint density at radius 1 is 0.614 bits per heavy atom. The number of alkyl carbamates (subject to hydrolysis) is 2. The minimum absolute atomic E-state index is 0.0689. The lowest BCUT2D eigenvalue weighted by atomic mass is 9.84. The van der Waals surface area contributed by atoms with Crippen molar-refractivity contribution < 1.29 is 28.7 Å². The smallest absolute Gasteiger partial charge is 0.407 e. The van der Waals surface area contributed by atoms with E-state index in [2.05, 4.69) is 93.4 Å². The van der Waals surface area contributed by atoms with Gasteiger partial charge in [-0.05, 0) is 144 Å². The summed E-state index contributed by atoms with van der Waals surface area (Å²) in [6, 6.07) is 25.2. The quantitative estimate of drug-likeness (QED) is 0.105. The van der Waals surface area contributed by atoms with Crippen LogP contribution >= 0.6 is 0 Å². The summed E-state index contributed by atoms with van der Waals surface area (Å²) >= 11 is 0. The minimum Gasteiger partial charge on any atom is -0.453 e. The zero-order chi connectivity index (χ0) is 48.8. The number of hydrogen-bond acceptors (Lipinski definition) is 8. The maximum absolute atomic E-state index is 14.5. The van der Waals surface area contributed by atoms with Crippen LogP contribution in [0.5, 0.6) is 0 Å². The number of aromatic nitrogens is 4. The third-order valence-corrected chi connectivity index (χ3v) is 15.6. The minimum atomic E-state index is -0.694. The topological polar surface area (TPSA) is 175 Å². The number of ether oxygens (including phenoxy) is 2. The largest absolute Gasteiger partial charge is 0.453 e. The van der Waals surface area contributed by atoms with Gasteiger partial charge in [-0.2, -0.15) is 0 Å². The summed E-state index contributed by atoms with van der Waals surface area (Å²) in [7, 11) is 2.64. The van der Waals surface area contributed by atoms with Crippen LogP contribution in [0.25, 0.3) is 44.3 Å². The Labute approximate surface area is 409 Å². The third kappa shape index (κ3) is 9.12. The van der Waals surface area contributed by atoms with Gasteiger partial charge >= 0.3 is 12.2 Å². The van der Waals surface area contributed by atoms with Gasteiger partial charge in [0.25, 0.3) is 0 Å². The van der Waals surface area contributed by atoms with Crippen molar-refractivity contribution in [2.75, 3.05) is 20.8 Å².